The number of unbranched alkanes of at least 4 members (excludes halogenated alkanes) is 1. The molecule has 8 heteroatoms. The molecule has 0 radical (unpaired) electrons. The van der Waals surface area contributed by atoms with Gasteiger partial charge in [0, 0.05) is 24.2 Å². The summed E-state index contributed by atoms with van der Waals surface area (Å²) in [5.74, 6) is -3.10. The molecule has 2 amide bonds. The van der Waals surface area contributed by atoms with E-state index >= 15 is 0 Å². The molecule has 1 aliphatic carbocycles. The number of carbonyl (C=O) groups excluding carboxylic acids is 3. The van der Waals surface area contributed by atoms with Crippen LogP contribution in [0.1, 0.15) is 83.1 Å². The Kier molecular flexibility index (Phi) is 6.52. The lowest BCUT2D eigenvalue weighted by atomic mass is 9.72. The summed E-state index contributed by atoms with van der Waals surface area (Å²) in [7, 11) is 0. The highest BCUT2D eigenvalue weighted by molar-refractivity contribution is 6.14. The van der Waals surface area contributed by atoms with E-state index in [0.717, 1.165) is 10.5 Å². The summed E-state index contributed by atoms with van der Waals surface area (Å²) in [6.07, 6.45) is -4.03. The van der Waals surface area contributed by atoms with Crippen LogP contribution in [0.25, 0.3) is 0 Å². The zero-order chi connectivity index (χ0) is 25.7. The molecule has 0 unspecified atom stereocenters. The van der Waals surface area contributed by atoms with Crippen LogP contribution in [0.4, 0.5) is 13.2 Å². The molecule has 0 fully saturated rings. The van der Waals surface area contributed by atoms with Gasteiger partial charge in [0.15, 0.2) is 5.78 Å². The highest BCUT2D eigenvalue weighted by Crippen LogP contribution is 2.51. The van der Waals surface area contributed by atoms with Gasteiger partial charge in [-0.3, -0.25) is 14.4 Å². The molecule has 1 aromatic rings. The topological polar surface area (TPSA) is 66.5 Å². The molecule has 0 spiro atoms. The van der Waals surface area contributed by atoms with Gasteiger partial charge in [0.25, 0.3) is 11.8 Å². The lowest BCUT2D eigenvalue weighted by Crippen LogP contribution is -2.66. The van der Waals surface area contributed by atoms with Crippen LogP contribution in [-0.2, 0) is 15.0 Å². The first-order valence-corrected chi connectivity index (χ1v) is 11.6. The summed E-state index contributed by atoms with van der Waals surface area (Å²) in [6, 6.07) is 6.24. The molecule has 34 heavy (non-hydrogen) atoms. The van der Waals surface area contributed by atoms with Crippen molar-refractivity contribution in [2.75, 3.05) is 6.54 Å². The third-order valence-corrected chi connectivity index (χ3v) is 6.59. The number of benzene rings is 1. The van der Waals surface area contributed by atoms with Crippen LogP contribution >= 0.6 is 0 Å². The average Bonchev–Trinajstić information content (AvgIpc) is 2.93. The number of Topliss-reactive ketones (excluding diaryl/α,β-unsaturated/α-hetero) is 1. The second-order valence-electron chi connectivity index (χ2n) is 11.1. The molecule has 186 valence electrons. The first-order valence-electron chi connectivity index (χ1n) is 11.6. The Bertz CT molecular complexity index is 1030. The molecule has 1 atom stereocenters. The molecule has 5 nitrogen and oxygen atoms in total. The Morgan fingerprint density at radius 3 is 2.15 bits per heavy atom. The zero-order valence-corrected chi connectivity index (χ0v) is 20.7. The number of hydrogen-bond acceptors (Lipinski definition) is 3. The molecule has 0 saturated heterocycles. The van der Waals surface area contributed by atoms with Crippen molar-refractivity contribution < 1.29 is 27.6 Å². The SMILES string of the molecule is CCCCN1C(=O)[C@](NC(=O)c2ccc(C(C)(C)C)cc2)(C(F)(F)F)C2=C1CC(C)(C)CC2=O. The number of halogens is 3. The fraction of sp³-hybridized carbons (Fsp3) is 0.577. The van der Waals surface area contributed by atoms with Gasteiger partial charge in [-0.2, -0.15) is 13.2 Å². The molecule has 2 aliphatic rings. The van der Waals surface area contributed by atoms with Crippen molar-refractivity contribution in [1.82, 2.24) is 10.2 Å². The number of nitrogens with zero attached hydrogens (tertiary/aromatic N) is 1. The summed E-state index contributed by atoms with van der Waals surface area (Å²) < 4.78 is 44.2. The smallest absolute Gasteiger partial charge is 0.326 e. The van der Waals surface area contributed by atoms with E-state index in [0.29, 0.717) is 12.8 Å². The third kappa shape index (κ3) is 4.39. The zero-order valence-electron chi connectivity index (χ0n) is 20.7. The fourth-order valence-electron chi connectivity index (χ4n) is 4.74. The largest absolute Gasteiger partial charge is 0.425 e. The third-order valence-electron chi connectivity index (χ3n) is 6.59. The van der Waals surface area contributed by atoms with E-state index in [2.05, 4.69) is 0 Å². The standard InChI is InChI=1S/C26H33F3N2O3/c1-7-8-13-31-18-14-24(5,6)15-19(32)20(18)25(22(31)34,26(27,28)29)30-21(33)16-9-11-17(12-10-16)23(2,3)4/h9-12H,7-8,13-15H2,1-6H3,(H,30,33)/t25-/m0/s1. The van der Waals surface area contributed by atoms with Crippen molar-refractivity contribution in [3.05, 3.63) is 46.7 Å². The maximum Gasteiger partial charge on any atom is 0.425 e. The second-order valence-corrected chi connectivity index (χ2v) is 11.1. The van der Waals surface area contributed by atoms with Crippen LogP contribution in [0.3, 0.4) is 0 Å². The maximum absolute atomic E-state index is 14.7. The molecule has 3 rings (SSSR count). The molecule has 1 aromatic carbocycles. The number of hydrogen-bond donors (Lipinski definition) is 1. The Morgan fingerprint density at radius 2 is 1.65 bits per heavy atom. The fourth-order valence-corrected chi connectivity index (χ4v) is 4.74. The second kappa shape index (κ2) is 8.54. The van der Waals surface area contributed by atoms with Crippen LogP contribution in [0.2, 0.25) is 0 Å². The average molecular weight is 479 g/mol. The number of rotatable bonds is 5. The number of allylic oxidation sites excluding steroid dienone is 1. The van der Waals surface area contributed by atoms with Crippen molar-refractivity contribution in [3.8, 4) is 0 Å². The lowest BCUT2D eigenvalue weighted by molar-refractivity contribution is -0.190. The maximum atomic E-state index is 14.7. The van der Waals surface area contributed by atoms with E-state index in [4.69, 9.17) is 0 Å². The summed E-state index contributed by atoms with van der Waals surface area (Å²) >= 11 is 0. The predicted molar refractivity (Wildman–Crippen MR) is 123 cm³/mol. The molecule has 0 aromatic heterocycles. The van der Waals surface area contributed by atoms with Gasteiger partial charge in [0.1, 0.15) is 0 Å². The Hall–Kier alpha value is -2.64. The number of ketones is 1. The van der Waals surface area contributed by atoms with E-state index in [-0.39, 0.29) is 36.1 Å². The number of alkyl halides is 3. The van der Waals surface area contributed by atoms with E-state index in [9.17, 15) is 27.6 Å². The molecule has 1 aliphatic heterocycles. The molecular formula is C26H33F3N2O3. The highest BCUT2D eigenvalue weighted by Gasteiger charge is 2.71. The first kappa shape index (κ1) is 26.0. The van der Waals surface area contributed by atoms with Gasteiger partial charge in [-0.15, -0.1) is 0 Å². The normalized spacial score (nSPS) is 22.8. The number of carbonyl (C=O) groups is 3. The molecule has 1 heterocycles. The van der Waals surface area contributed by atoms with Crippen LogP contribution < -0.4 is 5.32 Å². The molecule has 1 N–H and O–H groups in total. The van der Waals surface area contributed by atoms with Crippen LogP contribution in [0.15, 0.2) is 35.5 Å². The molecule has 0 bridgehead atoms. The van der Waals surface area contributed by atoms with Gasteiger partial charge in [0.05, 0.1) is 5.57 Å². The van der Waals surface area contributed by atoms with E-state index in [1.807, 2.05) is 33.0 Å². The molecular weight excluding hydrogens is 445 g/mol. The minimum absolute atomic E-state index is 0.0119. The van der Waals surface area contributed by atoms with Gasteiger partial charge in [-0.25, -0.2) is 0 Å². The van der Waals surface area contributed by atoms with Crippen LogP contribution in [0, 0.1) is 5.41 Å². The van der Waals surface area contributed by atoms with Gasteiger partial charge in [-0.05, 0) is 41.4 Å². The van der Waals surface area contributed by atoms with Crippen molar-refractivity contribution in [2.24, 2.45) is 5.41 Å². The van der Waals surface area contributed by atoms with Crippen molar-refractivity contribution in [2.45, 2.75) is 84.4 Å². The predicted octanol–water partition coefficient (Wildman–Crippen LogP) is 5.30. The summed E-state index contributed by atoms with van der Waals surface area (Å²) in [6.45, 7) is 11.4. The van der Waals surface area contributed by atoms with Gasteiger partial charge < -0.3 is 10.2 Å². The van der Waals surface area contributed by atoms with Crippen molar-refractivity contribution in [3.63, 3.8) is 0 Å². The van der Waals surface area contributed by atoms with E-state index < -0.39 is 40.3 Å². The summed E-state index contributed by atoms with van der Waals surface area (Å²) in [5.41, 5.74) is -3.82. The summed E-state index contributed by atoms with van der Waals surface area (Å²) in [5, 5.41) is 1.99. The Morgan fingerprint density at radius 1 is 1.06 bits per heavy atom. The number of nitrogens with one attached hydrogen (secondary N) is 1. The van der Waals surface area contributed by atoms with Gasteiger partial charge in [0.2, 0.25) is 5.54 Å². The Balaban J connectivity index is 2.11. The lowest BCUT2D eigenvalue weighted by Gasteiger charge is -2.35. The minimum Gasteiger partial charge on any atom is -0.326 e. The van der Waals surface area contributed by atoms with Crippen LogP contribution in [-0.4, -0.2) is 40.8 Å². The molecule has 0 saturated carbocycles. The monoisotopic (exact) mass is 478 g/mol. The van der Waals surface area contributed by atoms with Gasteiger partial charge >= 0.3 is 6.18 Å². The van der Waals surface area contributed by atoms with Crippen LogP contribution in [0.5, 0.6) is 0 Å². The quantitative estimate of drug-likeness (QED) is 0.625. The van der Waals surface area contributed by atoms with Crippen molar-refractivity contribution >= 4 is 17.6 Å². The van der Waals surface area contributed by atoms with E-state index in [1.54, 1.807) is 26.0 Å². The Labute approximate surface area is 198 Å². The minimum atomic E-state index is -5.19. The van der Waals surface area contributed by atoms with E-state index in [1.165, 1.54) is 12.1 Å². The summed E-state index contributed by atoms with van der Waals surface area (Å²) in [4.78, 5) is 40.7. The van der Waals surface area contributed by atoms with Gasteiger partial charge in [-0.1, -0.05) is 60.1 Å². The number of amides is 2. The first-order chi connectivity index (χ1) is 15.5. The highest BCUT2D eigenvalue weighted by atomic mass is 19.4. The van der Waals surface area contributed by atoms with Crippen molar-refractivity contribution in [1.29, 1.82) is 0 Å².